The van der Waals surface area contributed by atoms with Crippen LogP contribution in [-0.2, 0) is 4.79 Å². The van der Waals surface area contributed by atoms with Gasteiger partial charge in [0.15, 0.2) is 0 Å². The Balaban J connectivity index is 1.45. The van der Waals surface area contributed by atoms with Gasteiger partial charge >= 0.3 is 0 Å². The third-order valence-corrected chi connectivity index (χ3v) is 4.86. The van der Waals surface area contributed by atoms with Crippen LogP contribution in [0.4, 0.5) is 14.6 Å². The SMILES string of the molecule is O=C(CCNC(=O)c1ccc(F)cc1F)Nc1cc(-c2ccccc2)nn1-c1ccccc1. The van der Waals surface area contributed by atoms with E-state index in [1.807, 2.05) is 60.7 Å². The lowest BCUT2D eigenvalue weighted by atomic mass is 10.1. The molecule has 33 heavy (non-hydrogen) atoms. The van der Waals surface area contributed by atoms with Crippen LogP contribution in [0.5, 0.6) is 0 Å². The molecule has 6 nitrogen and oxygen atoms in total. The molecule has 3 aromatic carbocycles. The molecule has 4 aromatic rings. The van der Waals surface area contributed by atoms with Crippen LogP contribution < -0.4 is 10.6 Å². The van der Waals surface area contributed by atoms with E-state index in [2.05, 4.69) is 15.7 Å². The molecular weight excluding hydrogens is 426 g/mol. The minimum absolute atomic E-state index is 0.0213. The van der Waals surface area contributed by atoms with Gasteiger partial charge in [-0.25, -0.2) is 13.5 Å². The summed E-state index contributed by atoms with van der Waals surface area (Å²) in [5.74, 6) is -2.33. The van der Waals surface area contributed by atoms with Crippen molar-refractivity contribution in [1.29, 1.82) is 0 Å². The topological polar surface area (TPSA) is 76.0 Å². The third-order valence-electron chi connectivity index (χ3n) is 4.86. The first-order valence-electron chi connectivity index (χ1n) is 10.3. The Morgan fingerprint density at radius 1 is 0.879 bits per heavy atom. The maximum Gasteiger partial charge on any atom is 0.254 e. The van der Waals surface area contributed by atoms with Gasteiger partial charge in [-0.1, -0.05) is 48.5 Å². The summed E-state index contributed by atoms with van der Waals surface area (Å²) in [6, 6.07) is 23.4. The van der Waals surface area contributed by atoms with Gasteiger partial charge in [-0.2, -0.15) is 5.10 Å². The molecule has 0 aliphatic heterocycles. The molecule has 2 N–H and O–H groups in total. The number of para-hydroxylation sites is 1. The van der Waals surface area contributed by atoms with Crippen molar-refractivity contribution in [2.75, 3.05) is 11.9 Å². The Hall–Kier alpha value is -4.33. The number of carbonyl (C=O) groups is 2. The Labute approximate surface area is 188 Å². The number of carbonyl (C=O) groups excluding carboxylic acids is 2. The number of amides is 2. The summed E-state index contributed by atoms with van der Waals surface area (Å²) < 4.78 is 28.4. The van der Waals surface area contributed by atoms with E-state index in [9.17, 15) is 18.4 Å². The van der Waals surface area contributed by atoms with Crippen LogP contribution in [0.2, 0.25) is 0 Å². The van der Waals surface area contributed by atoms with E-state index in [0.29, 0.717) is 17.6 Å². The number of rotatable bonds is 7. The van der Waals surface area contributed by atoms with Crippen LogP contribution >= 0.6 is 0 Å². The van der Waals surface area contributed by atoms with Crippen LogP contribution in [0.3, 0.4) is 0 Å². The average molecular weight is 446 g/mol. The standard InChI is InChI=1S/C25H20F2N4O2/c26-18-11-12-20(21(27)15-18)25(33)28-14-13-24(32)29-23-16-22(17-7-3-1-4-8-17)30-31(23)19-9-5-2-6-10-19/h1-12,15-16H,13-14H2,(H,28,33)(H,29,32). The summed E-state index contributed by atoms with van der Waals surface area (Å²) >= 11 is 0. The van der Waals surface area contributed by atoms with Crippen LogP contribution in [0.15, 0.2) is 84.9 Å². The van der Waals surface area contributed by atoms with Gasteiger partial charge < -0.3 is 10.6 Å². The maximum absolute atomic E-state index is 13.7. The van der Waals surface area contributed by atoms with E-state index < -0.39 is 17.5 Å². The number of benzene rings is 3. The smallest absolute Gasteiger partial charge is 0.254 e. The number of nitrogens with one attached hydrogen (secondary N) is 2. The Kier molecular flexibility index (Phi) is 6.54. The van der Waals surface area contributed by atoms with Gasteiger partial charge in [-0.05, 0) is 24.3 Å². The van der Waals surface area contributed by atoms with Gasteiger partial charge in [0.2, 0.25) is 5.91 Å². The van der Waals surface area contributed by atoms with E-state index >= 15 is 0 Å². The van der Waals surface area contributed by atoms with Gasteiger partial charge in [0.05, 0.1) is 16.9 Å². The van der Waals surface area contributed by atoms with E-state index in [-0.39, 0.29) is 24.4 Å². The predicted octanol–water partition coefficient (Wildman–Crippen LogP) is 4.58. The quantitative estimate of drug-likeness (QED) is 0.437. The summed E-state index contributed by atoms with van der Waals surface area (Å²) in [5.41, 5.74) is 2.08. The number of nitrogens with zero attached hydrogens (tertiary/aromatic N) is 2. The van der Waals surface area contributed by atoms with Crippen LogP contribution in [0, 0.1) is 11.6 Å². The number of hydrogen-bond acceptors (Lipinski definition) is 3. The van der Waals surface area contributed by atoms with Crippen molar-refractivity contribution in [2.24, 2.45) is 0 Å². The minimum atomic E-state index is -0.961. The minimum Gasteiger partial charge on any atom is -0.351 e. The molecule has 0 radical (unpaired) electrons. The van der Waals surface area contributed by atoms with Gasteiger partial charge in [0, 0.05) is 30.7 Å². The number of hydrogen-bond donors (Lipinski definition) is 2. The zero-order chi connectivity index (χ0) is 23.2. The first-order chi connectivity index (χ1) is 16.0. The molecule has 0 aliphatic carbocycles. The highest BCUT2D eigenvalue weighted by atomic mass is 19.1. The lowest BCUT2D eigenvalue weighted by molar-refractivity contribution is -0.116. The van der Waals surface area contributed by atoms with Crippen molar-refractivity contribution < 1.29 is 18.4 Å². The van der Waals surface area contributed by atoms with Crippen molar-refractivity contribution in [3.8, 4) is 16.9 Å². The van der Waals surface area contributed by atoms with Gasteiger partial charge in [0.1, 0.15) is 17.5 Å². The highest BCUT2D eigenvalue weighted by molar-refractivity contribution is 5.95. The van der Waals surface area contributed by atoms with Crippen molar-refractivity contribution in [2.45, 2.75) is 6.42 Å². The number of aromatic nitrogens is 2. The molecule has 0 saturated heterocycles. The molecule has 0 fully saturated rings. The van der Waals surface area contributed by atoms with Gasteiger partial charge in [-0.3, -0.25) is 9.59 Å². The zero-order valence-electron chi connectivity index (χ0n) is 17.5. The first kappa shape index (κ1) is 21.9. The molecule has 0 saturated carbocycles. The highest BCUT2D eigenvalue weighted by Crippen LogP contribution is 2.24. The van der Waals surface area contributed by atoms with E-state index in [4.69, 9.17) is 0 Å². The number of halogens is 2. The molecule has 2 amide bonds. The second-order valence-electron chi connectivity index (χ2n) is 7.21. The lowest BCUT2D eigenvalue weighted by Gasteiger charge is -2.09. The molecule has 1 heterocycles. The van der Waals surface area contributed by atoms with Gasteiger partial charge in [0.25, 0.3) is 5.91 Å². The van der Waals surface area contributed by atoms with Crippen molar-refractivity contribution in [3.63, 3.8) is 0 Å². The molecule has 0 unspecified atom stereocenters. The zero-order valence-corrected chi connectivity index (χ0v) is 17.5. The van der Waals surface area contributed by atoms with E-state index in [0.717, 1.165) is 23.4 Å². The summed E-state index contributed by atoms with van der Waals surface area (Å²) in [4.78, 5) is 24.6. The fourth-order valence-corrected chi connectivity index (χ4v) is 3.25. The summed E-state index contributed by atoms with van der Waals surface area (Å²) in [7, 11) is 0. The van der Waals surface area contributed by atoms with E-state index in [1.54, 1.807) is 10.7 Å². The maximum atomic E-state index is 13.7. The summed E-state index contributed by atoms with van der Waals surface area (Å²) in [6.45, 7) is -0.0213. The monoisotopic (exact) mass is 446 g/mol. The van der Waals surface area contributed by atoms with Crippen molar-refractivity contribution in [3.05, 3.63) is 102 Å². The molecule has 166 valence electrons. The Morgan fingerprint density at radius 2 is 1.58 bits per heavy atom. The summed E-state index contributed by atoms with van der Waals surface area (Å²) in [6.07, 6.45) is -0.0464. The second kappa shape index (κ2) is 9.86. The van der Waals surface area contributed by atoms with Crippen LogP contribution in [-0.4, -0.2) is 28.1 Å². The molecule has 0 spiro atoms. The molecule has 1 aromatic heterocycles. The first-order valence-corrected chi connectivity index (χ1v) is 10.3. The molecule has 4 rings (SSSR count). The van der Waals surface area contributed by atoms with Crippen LogP contribution in [0.1, 0.15) is 16.8 Å². The third kappa shape index (κ3) is 5.30. The van der Waals surface area contributed by atoms with Crippen molar-refractivity contribution >= 4 is 17.6 Å². The fraction of sp³-hybridized carbons (Fsp3) is 0.0800. The largest absolute Gasteiger partial charge is 0.351 e. The van der Waals surface area contributed by atoms with Crippen LogP contribution in [0.25, 0.3) is 16.9 Å². The van der Waals surface area contributed by atoms with Gasteiger partial charge in [-0.15, -0.1) is 0 Å². The molecular formula is C25H20F2N4O2. The molecule has 8 heteroatoms. The highest BCUT2D eigenvalue weighted by Gasteiger charge is 2.15. The molecule has 0 bridgehead atoms. The molecule has 0 aliphatic rings. The molecule has 0 atom stereocenters. The Bertz CT molecular complexity index is 1270. The fourth-order valence-electron chi connectivity index (χ4n) is 3.25. The lowest BCUT2D eigenvalue weighted by Crippen LogP contribution is -2.28. The number of anilines is 1. The summed E-state index contributed by atoms with van der Waals surface area (Å²) in [5, 5.41) is 9.92. The average Bonchev–Trinajstić information content (AvgIpc) is 3.24. The van der Waals surface area contributed by atoms with Crippen molar-refractivity contribution in [1.82, 2.24) is 15.1 Å². The predicted molar refractivity (Wildman–Crippen MR) is 121 cm³/mol. The normalized spacial score (nSPS) is 10.6. The Morgan fingerprint density at radius 3 is 2.27 bits per heavy atom. The second-order valence-corrected chi connectivity index (χ2v) is 7.21. The van der Waals surface area contributed by atoms with E-state index in [1.165, 1.54) is 0 Å².